The fraction of sp³-hybridized carbons (Fsp3) is 0.308. The van der Waals surface area contributed by atoms with Crippen molar-refractivity contribution in [3.8, 4) is 5.75 Å². The van der Waals surface area contributed by atoms with Crippen molar-refractivity contribution in [2.75, 3.05) is 26.2 Å². The highest BCUT2D eigenvalue weighted by Gasteiger charge is 2.32. The van der Waals surface area contributed by atoms with E-state index >= 15 is 0 Å². The summed E-state index contributed by atoms with van der Waals surface area (Å²) >= 11 is 6.05. The van der Waals surface area contributed by atoms with Gasteiger partial charge in [-0.2, -0.15) is 0 Å². The van der Waals surface area contributed by atoms with Gasteiger partial charge in [0.25, 0.3) is 0 Å². The summed E-state index contributed by atoms with van der Waals surface area (Å²) < 4.78 is 5.89. The number of ether oxygens (including phenoxy) is 1. The fourth-order valence-corrected chi connectivity index (χ4v) is 3.95. The van der Waals surface area contributed by atoms with Gasteiger partial charge in [0.2, 0.25) is 0 Å². The van der Waals surface area contributed by atoms with E-state index in [0.717, 1.165) is 29.0 Å². The Labute approximate surface area is 183 Å². The number of halogens is 1. The molecule has 0 aliphatic carbocycles. The number of hydrogen-bond acceptors (Lipinski definition) is 3. The maximum absolute atomic E-state index is 11.9. The summed E-state index contributed by atoms with van der Waals surface area (Å²) in [6.07, 6.45) is 1.75. The second kappa shape index (κ2) is 9.22. The average molecular weight is 422 g/mol. The van der Waals surface area contributed by atoms with Crippen molar-refractivity contribution in [2.45, 2.75) is 25.4 Å². The van der Waals surface area contributed by atoms with Crippen LogP contribution in [0.15, 0.2) is 72.8 Å². The Morgan fingerprint density at radius 2 is 1.50 bits per heavy atom. The quantitative estimate of drug-likeness (QED) is 0.541. The third kappa shape index (κ3) is 4.86. The van der Waals surface area contributed by atoms with Gasteiger partial charge in [-0.15, -0.1) is 0 Å². The van der Waals surface area contributed by atoms with E-state index in [9.17, 15) is 5.11 Å². The third-order valence-electron chi connectivity index (χ3n) is 5.86. The van der Waals surface area contributed by atoms with E-state index in [1.807, 2.05) is 79.7 Å². The highest BCUT2D eigenvalue weighted by Crippen LogP contribution is 2.34. The van der Waals surface area contributed by atoms with Gasteiger partial charge in [-0.25, -0.2) is 0 Å². The molecule has 30 heavy (non-hydrogen) atoms. The highest BCUT2D eigenvalue weighted by molar-refractivity contribution is 6.30. The molecule has 0 radical (unpaired) electrons. The van der Waals surface area contributed by atoms with Gasteiger partial charge in [-0.05, 0) is 67.4 Å². The van der Waals surface area contributed by atoms with Crippen LogP contribution in [0.2, 0.25) is 5.02 Å². The minimum absolute atomic E-state index is 0.461. The van der Waals surface area contributed by atoms with Crippen LogP contribution in [0.4, 0.5) is 0 Å². The van der Waals surface area contributed by atoms with Crippen molar-refractivity contribution in [2.24, 2.45) is 0 Å². The lowest BCUT2D eigenvalue weighted by atomic mass is 9.81. The summed E-state index contributed by atoms with van der Waals surface area (Å²) in [5.41, 5.74) is 2.76. The molecule has 1 aliphatic rings. The molecule has 0 saturated carbocycles. The van der Waals surface area contributed by atoms with Gasteiger partial charge in [-0.1, -0.05) is 65.7 Å². The van der Waals surface area contributed by atoms with E-state index in [-0.39, 0.29) is 0 Å². The van der Waals surface area contributed by atoms with E-state index in [4.69, 9.17) is 16.3 Å². The molecule has 1 fully saturated rings. The molecule has 1 N–H and O–H groups in total. The standard InChI is InChI=1S/C26H28ClNO2/c1-20-3-7-22(8-4-20)26(29,19-21-5-11-24(27)12-6-21)23-9-13-25(14-10-23)30-18-17-28-15-2-16-28/h3-14,29H,2,15-19H2,1H3. The normalized spacial score (nSPS) is 16.0. The number of hydrogen-bond donors (Lipinski definition) is 1. The monoisotopic (exact) mass is 421 g/mol. The number of aliphatic hydroxyl groups is 1. The lowest BCUT2D eigenvalue weighted by Gasteiger charge is -2.31. The van der Waals surface area contributed by atoms with Crippen molar-refractivity contribution in [1.82, 2.24) is 4.90 Å². The summed E-state index contributed by atoms with van der Waals surface area (Å²) in [5, 5.41) is 12.6. The molecule has 3 aromatic rings. The molecule has 0 aromatic heterocycles. The Morgan fingerprint density at radius 3 is 2.07 bits per heavy atom. The first kappa shape index (κ1) is 20.9. The Morgan fingerprint density at radius 1 is 0.900 bits per heavy atom. The van der Waals surface area contributed by atoms with Gasteiger partial charge in [0.15, 0.2) is 0 Å². The molecule has 4 rings (SSSR count). The van der Waals surface area contributed by atoms with Gasteiger partial charge in [0.1, 0.15) is 18.0 Å². The second-order valence-electron chi connectivity index (χ2n) is 8.10. The molecule has 1 unspecified atom stereocenters. The first-order valence-corrected chi connectivity index (χ1v) is 10.9. The Hall–Kier alpha value is -2.33. The smallest absolute Gasteiger partial charge is 0.119 e. The first-order chi connectivity index (χ1) is 14.5. The van der Waals surface area contributed by atoms with Crippen LogP contribution in [-0.2, 0) is 12.0 Å². The molecule has 1 saturated heterocycles. The van der Waals surface area contributed by atoms with Crippen LogP contribution in [0.25, 0.3) is 0 Å². The summed E-state index contributed by atoms with van der Waals surface area (Å²) in [7, 11) is 0. The molecule has 1 heterocycles. The van der Waals surface area contributed by atoms with E-state index in [1.165, 1.54) is 25.1 Å². The van der Waals surface area contributed by atoms with Crippen LogP contribution in [0, 0.1) is 6.92 Å². The predicted octanol–water partition coefficient (Wildman–Crippen LogP) is 5.21. The molecule has 3 nitrogen and oxygen atoms in total. The predicted molar refractivity (Wildman–Crippen MR) is 122 cm³/mol. The molecule has 1 aliphatic heterocycles. The number of nitrogens with zero attached hydrogens (tertiary/aromatic N) is 1. The van der Waals surface area contributed by atoms with Crippen LogP contribution < -0.4 is 4.74 Å². The summed E-state index contributed by atoms with van der Waals surface area (Å²) in [4.78, 5) is 2.39. The number of aryl methyl sites for hydroxylation is 1. The van der Waals surface area contributed by atoms with E-state index in [1.54, 1.807) is 0 Å². The molecule has 4 heteroatoms. The Bertz CT molecular complexity index is 950. The van der Waals surface area contributed by atoms with Gasteiger partial charge < -0.3 is 9.84 Å². The molecule has 0 spiro atoms. The summed E-state index contributed by atoms with van der Waals surface area (Å²) in [5.74, 6) is 0.831. The molecule has 3 aromatic carbocycles. The van der Waals surface area contributed by atoms with Crippen LogP contribution in [-0.4, -0.2) is 36.2 Å². The van der Waals surface area contributed by atoms with E-state index in [2.05, 4.69) is 4.90 Å². The van der Waals surface area contributed by atoms with Crippen molar-refractivity contribution >= 4 is 11.6 Å². The van der Waals surface area contributed by atoms with Crippen LogP contribution in [0.1, 0.15) is 28.7 Å². The Balaban J connectivity index is 1.56. The molecule has 0 amide bonds. The largest absolute Gasteiger partial charge is 0.492 e. The zero-order valence-electron chi connectivity index (χ0n) is 17.4. The molecule has 1 atom stereocenters. The van der Waals surface area contributed by atoms with Gasteiger partial charge in [0.05, 0.1) is 0 Å². The lowest BCUT2D eigenvalue weighted by molar-refractivity contribution is 0.0810. The molecule has 0 bridgehead atoms. The van der Waals surface area contributed by atoms with E-state index < -0.39 is 5.60 Å². The van der Waals surface area contributed by atoms with Gasteiger partial charge in [-0.3, -0.25) is 4.90 Å². The van der Waals surface area contributed by atoms with Crippen molar-refractivity contribution in [1.29, 1.82) is 0 Å². The lowest BCUT2D eigenvalue weighted by Crippen LogP contribution is -2.39. The maximum atomic E-state index is 11.9. The maximum Gasteiger partial charge on any atom is 0.119 e. The number of likely N-dealkylation sites (tertiary alicyclic amines) is 1. The van der Waals surface area contributed by atoms with Crippen LogP contribution in [0.5, 0.6) is 5.75 Å². The number of rotatable bonds is 8. The summed E-state index contributed by atoms with van der Waals surface area (Å²) in [6.45, 7) is 6.06. The topological polar surface area (TPSA) is 32.7 Å². The van der Waals surface area contributed by atoms with Crippen LogP contribution in [0.3, 0.4) is 0 Å². The number of benzene rings is 3. The van der Waals surface area contributed by atoms with Gasteiger partial charge >= 0.3 is 0 Å². The molecular formula is C26H28ClNO2. The van der Waals surface area contributed by atoms with Crippen molar-refractivity contribution in [3.05, 3.63) is 100 Å². The molecular weight excluding hydrogens is 394 g/mol. The van der Waals surface area contributed by atoms with Crippen LogP contribution >= 0.6 is 11.6 Å². The van der Waals surface area contributed by atoms with Crippen molar-refractivity contribution in [3.63, 3.8) is 0 Å². The minimum Gasteiger partial charge on any atom is -0.492 e. The minimum atomic E-state index is -1.14. The Kier molecular flexibility index (Phi) is 6.43. The zero-order chi connectivity index (χ0) is 21.0. The second-order valence-corrected chi connectivity index (χ2v) is 8.53. The fourth-order valence-electron chi connectivity index (χ4n) is 3.82. The van der Waals surface area contributed by atoms with Gasteiger partial charge in [0, 0.05) is 18.0 Å². The summed E-state index contributed by atoms with van der Waals surface area (Å²) in [6, 6.07) is 23.6. The van der Waals surface area contributed by atoms with E-state index in [0.29, 0.717) is 18.1 Å². The molecule has 156 valence electrons. The van der Waals surface area contributed by atoms with Crippen molar-refractivity contribution < 1.29 is 9.84 Å². The highest BCUT2D eigenvalue weighted by atomic mass is 35.5. The average Bonchev–Trinajstić information content (AvgIpc) is 2.72. The third-order valence-corrected chi connectivity index (χ3v) is 6.11. The zero-order valence-corrected chi connectivity index (χ0v) is 18.1. The first-order valence-electron chi connectivity index (χ1n) is 10.5. The SMILES string of the molecule is Cc1ccc(C(O)(Cc2ccc(Cl)cc2)c2ccc(OCCN3CCC3)cc2)cc1.